The average molecular weight is 353 g/mol. The van der Waals surface area contributed by atoms with Gasteiger partial charge in [0.1, 0.15) is 18.7 Å². The van der Waals surface area contributed by atoms with E-state index in [1.54, 1.807) is 0 Å². The van der Waals surface area contributed by atoms with E-state index in [0.29, 0.717) is 19.3 Å². The predicted molar refractivity (Wildman–Crippen MR) is 93.4 cm³/mol. The van der Waals surface area contributed by atoms with Crippen LogP contribution in [0.1, 0.15) is 78.6 Å². The third-order valence-electron chi connectivity index (χ3n) is 3.32. The van der Waals surface area contributed by atoms with Crippen molar-refractivity contribution in [2.75, 3.05) is 0 Å². The molecule has 0 saturated carbocycles. The van der Waals surface area contributed by atoms with Crippen molar-refractivity contribution in [3.8, 4) is 0 Å². The minimum absolute atomic E-state index is 0.571. The molecule has 0 aromatic heterocycles. The summed E-state index contributed by atoms with van der Waals surface area (Å²) in [5.74, 6) is 0. The van der Waals surface area contributed by atoms with Gasteiger partial charge in [0.15, 0.2) is 0 Å². The van der Waals surface area contributed by atoms with Gasteiger partial charge in [-0.2, -0.15) is 0 Å². The Morgan fingerprint density at radius 2 is 0.957 bits per heavy atom. The highest BCUT2D eigenvalue weighted by atomic mass is 31.2. The van der Waals surface area contributed by atoms with Gasteiger partial charge in [-0.05, 0) is 38.5 Å². The van der Waals surface area contributed by atoms with E-state index in [0.717, 1.165) is 38.5 Å². The highest BCUT2D eigenvalue weighted by molar-refractivity contribution is 7.48. The molecular weight excluding hydrogens is 317 g/mol. The summed E-state index contributed by atoms with van der Waals surface area (Å²) in [6.07, 6.45) is 5.04. The first-order chi connectivity index (χ1) is 10.9. The summed E-state index contributed by atoms with van der Waals surface area (Å²) in [5.41, 5.74) is 17.6. The highest BCUT2D eigenvalue weighted by Crippen LogP contribution is 2.52. The molecular formula is C15H36N3O4P. The van der Waals surface area contributed by atoms with Gasteiger partial charge in [0.25, 0.3) is 0 Å². The fourth-order valence-corrected chi connectivity index (χ4v) is 3.41. The van der Waals surface area contributed by atoms with Gasteiger partial charge in [-0.15, -0.1) is 0 Å². The lowest BCUT2D eigenvalue weighted by Crippen LogP contribution is -2.31. The summed E-state index contributed by atoms with van der Waals surface area (Å²) in [6.45, 7) is 6.13. The van der Waals surface area contributed by atoms with E-state index in [4.69, 9.17) is 30.8 Å². The standard InChI is InChI=1S/C15H36N3O4P/c1-4-7-10-13(16)20-23(19,21-14(17)11-8-5-2)22-15(18)12-9-6-3/h13-15H,4-12,16-18H2,1-3H3. The normalized spacial score (nSPS) is 18.3. The average Bonchev–Trinajstić information content (AvgIpc) is 2.48. The molecule has 0 radical (unpaired) electrons. The maximum absolute atomic E-state index is 12.8. The molecule has 0 saturated heterocycles. The van der Waals surface area contributed by atoms with E-state index in [1.807, 2.05) is 20.8 Å². The third-order valence-corrected chi connectivity index (χ3v) is 4.91. The molecule has 3 atom stereocenters. The Kier molecular flexibility index (Phi) is 13.3. The monoisotopic (exact) mass is 353 g/mol. The molecule has 6 N–H and O–H groups in total. The van der Waals surface area contributed by atoms with E-state index in [1.165, 1.54) is 0 Å². The number of rotatable bonds is 15. The number of nitrogens with two attached hydrogens (primary N) is 3. The molecule has 8 heteroatoms. The first-order valence-corrected chi connectivity index (χ1v) is 10.2. The first-order valence-electron chi connectivity index (χ1n) is 8.78. The van der Waals surface area contributed by atoms with Crippen LogP contribution in [0.25, 0.3) is 0 Å². The van der Waals surface area contributed by atoms with Gasteiger partial charge in [-0.3, -0.25) is 13.6 Å². The predicted octanol–water partition coefficient (Wildman–Crippen LogP) is 3.57. The van der Waals surface area contributed by atoms with Crippen molar-refractivity contribution < 1.29 is 18.1 Å². The lowest BCUT2D eigenvalue weighted by Gasteiger charge is -2.26. The van der Waals surface area contributed by atoms with Crippen molar-refractivity contribution in [3.63, 3.8) is 0 Å². The molecule has 0 rings (SSSR count). The van der Waals surface area contributed by atoms with Crippen molar-refractivity contribution in [1.29, 1.82) is 0 Å². The molecule has 0 aromatic carbocycles. The van der Waals surface area contributed by atoms with Crippen molar-refractivity contribution >= 4 is 7.82 Å². The molecule has 0 aliphatic rings. The Morgan fingerprint density at radius 3 is 1.17 bits per heavy atom. The number of phosphoric ester groups is 1. The molecule has 23 heavy (non-hydrogen) atoms. The number of hydrogen-bond acceptors (Lipinski definition) is 7. The Morgan fingerprint density at radius 1 is 0.696 bits per heavy atom. The van der Waals surface area contributed by atoms with Crippen LogP contribution < -0.4 is 17.2 Å². The van der Waals surface area contributed by atoms with E-state index in [2.05, 4.69) is 0 Å². The topological polar surface area (TPSA) is 123 Å². The Hall–Kier alpha value is -0.0100. The van der Waals surface area contributed by atoms with Crippen LogP contribution in [0.2, 0.25) is 0 Å². The maximum Gasteiger partial charge on any atom is 0.479 e. The molecule has 0 bridgehead atoms. The van der Waals surface area contributed by atoms with Crippen molar-refractivity contribution in [2.45, 2.75) is 97.2 Å². The van der Waals surface area contributed by atoms with Gasteiger partial charge in [-0.25, -0.2) is 4.57 Å². The smallest absolute Gasteiger partial charge is 0.306 e. The molecule has 0 aromatic rings. The van der Waals surface area contributed by atoms with E-state index in [9.17, 15) is 4.57 Å². The molecule has 0 aliphatic heterocycles. The Labute approximate surface area is 141 Å². The van der Waals surface area contributed by atoms with Gasteiger partial charge in [0.2, 0.25) is 0 Å². The van der Waals surface area contributed by atoms with Crippen molar-refractivity contribution in [2.24, 2.45) is 17.2 Å². The van der Waals surface area contributed by atoms with Crippen LogP contribution in [0, 0.1) is 0 Å². The van der Waals surface area contributed by atoms with Crippen molar-refractivity contribution in [1.82, 2.24) is 0 Å². The third kappa shape index (κ3) is 12.1. The number of unbranched alkanes of at least 4 members (excludes halogenated alkanes) is 3. The second kappa shape index (κ2) is 13.3. The molecule has 0 heterocycles. The molecule has 0 aliphatic carbocycles. The second-order valence-electron chi connectivity index (χ2n) is 5.81. The second-order valence-corrected chi connectivity index (χ2v) is 7.33. The summed E-state index contributed by atoms with van der Waals surface area (Å²) < 4.78 is 28.9. The van der Waals surface area contributed by atoms with Crippen LogP contribution in [0.4, 0.5) is 0 Å². The van der Waals surface area contributed by atoms with Crippen molar-refractivity contribution in [3.05, 3.63) is 0 Å². The first kappa shape index (κ1) is 23.0. The van der Waals surface area contributed by atoms with E-state index < -0.39 is 26.5 Å². The summed E-state index contributed by atoms with van der Waals surface area (Å²) in [4.78, 5) is 0. The zero-order chi connectivity index (χ0) is 17.7. The van der Waals surface area contributed by atoms with Crippen LogP contribution in [0.5, 0.6) is 0 Å². The fraction of sp³-hybridized carbons (Fsp3) is 1.00. The maximum atomic E-state index is 12.8. The van der Waals surface area contributed by atoms with E-state index in [-0.39, 0.29) is 0 Å². The number of phosphoric acid groups is 1. The molecule has 140 valence electrons. The lowest BCUT2D eigenvalue weighted by atomic mass is 10.2. The summed E-state index contributed by atoms with van der Waals surface area (Å²) >= 11 is 0. The SMILES string of the molecule is CCCCC(N)OP(=O)(OC(N)CCCC)OC(N)CCCC. The zero-order valence-electron chi connectivity index (χ0n) is 14.9. The minimum Gasteiger partial charge on any atom is -0.306 e. The molecule has 0 fully saturated rings. The van der Waals surface area contributed by atoms with Crippen LogP contribution >= 0.6 is 7.82 Å². The van der Waals surface area contributed by atoms with Crippen LogP contribution in [0.3, 0.4) is 0 Å². The van der Waals surface area contributed by atoms with Crippen LogP contribution in [0.15, 0.2) is 0 Å². The largest absolute Gasteiger partial charge is 0.479 e. The lowest BCUT2D eigenvalue weighted by molar-refractivity contribution is 0.0278. The van der Waals surface area contributed by atoms with Gasteiger partial charge in [0, 0.05) is 0 Å². The summed E-state index contributed by atoms with van der Waals surface area (Å²) in [7, 11) is -3.88. The Balaban J connectivity index is 4.70. The quantitative estimate of drug-likeness (QED) is 0.304. The highest BCUT2D eigenvalue weighted by Gasteiger charge is 2.34. The van der Waals surface area contributed by atoms with Gasteiger partial charge in [0.05, 0.1) is 0 Å². The fourth-order valence-electron chi connectivity index (χ4n) is 1.95. The molecule has 0 spiro atoms. The van der Waals surface area contributed by atoms with Gasteiger partial charge in [-0.1, -0.05) is 40.0 Å². The molecule has 3 unspecified atom stereocenters. The van der Waals surface area contributed by atoms with E-state index >= 15 is 0 Å². The zero-order valence-corrected chi connectivity index (χ0v) is 15.8. The Bertz CT molecular complexity index is 286. The minimum atomic E-state index is -3.88. The van der Waals surface area contributed by atoms with Gasteiger partial charge >= 0.3 is 7.82 Å². The number of hydrogen-bond donors (Lipinski definition) is 3. The van der Waals surface area contributed by atoms with Crippen LogP contribution in [-0.2, 0) is 18.1 Å². The van der Waals surface area contributed by atoms with Crippen LogP contribution in [-0.4, -0.2) is 18.7 Å². The molecule has 0 amide bonds. The molecule has 7 nitrogen and oxygen atoms in total. The summed E-state index contributed by atoms with van der Waals surface area (Å²) in [6, 6.07) is 0. The van der Waals surface area contributed by atoms with Gasteiger partial charge < -0.3 is 17.2 Å². The summed E-state index contributed by atoms with van der Waals surface area (Å²) in [5, 5.41) is 0.